The van der Waals surface area contributed by atoms with Crippen LogP contribution in [0.4, 0.5) is 0 Å². The van der Waals surface area contributed by atoms with Gasteiger partial charge in [0.15, 0.2) is 0 Å². The number of hydrogen-bond donors (Lipinski definition) is 1. The fourth-order valence-corrected chi connectivity index (χ4v) is 4.96. The molecule has 2 unspecified atom stereocenters. The van der Waals surface area contributed by atoms with Gasteiger partial charge in [-0.05, 0) is 68.8 Å². The fraction of sp³-hybridized carbons (Fsp3) is 0.344. The summed E-state index contributed by atoms with van der Waals surface area (Å²) < 4.78 is 5.80. The van der Waals surface area contributed by atoms with Gasteiger partial charge in [-0.1, -0.05) is 86.1 Å². The molecular weight excluding hydrogens is 480 g/mol. The molecule has 0 aliphatic heterocycles. The molecule has 4 aromatic rings. The average Bonchev–Trinajstić information content (AvgIpc) is 2.93. The maximum atomic E-state index is 12.5. The highest BCUT2D eigenvalue weighted by Gasteiger charge is 2.40. The van der Waals surface area contributed by atoms with Crippen LogP contribution in [0.25, 0.3) is 10.9 Å². The van der Waals surface area contributed by atoms with Crippen LogP contribution < -0.4 is 4.74 Å². The molecule has 0 saturated carbocycles. The summed E-state index contributed by atoms with van der Waals surface area (Å²) >= 11 is 6.32. The van der Waals surface area contributed by atoms with Crippen molar-refractivity contribution in [2.75, 3.05) is 27.7 Å². The van der Waals surface area contributed by atoms with Gasteiger partial charge in [-0.25, -0.2) is 4.98 Å². The van der Waals surface area contributed by atoms with Gasteiger partial charge in [-0.15, -0.1) is 0 Å². The Morgan fingerprint density at radius 1 is 0.919 bits per heavy atom. The number of pyridine rings is 1. The number of benzene rings is 3. The van der Waals surface area contributed by atoms with Gasteiger partial charge in [-0.2, -0.15) is 0 Å². The summed E-state index contributed by atoms with van der Waals surface area (Å²) in [5.74, 6) is 0.190. The highest BCUT2D eigenvalue weighted by Crippen LogP contribution is 2.44. The molecule has 2 atom stereocenters. The van der Waals surface area contributed by atoms with Gasteiger partial charge in [0.1, 0.15) is 0 Å². The van der Waals surface area contributed by atoms with Crippen molar-refractivity contribution in [2.24, 2.45) is 0 Å². The van der Waals surface area contributed by atoms with Crippen molar-refractivity contribution < 1.29 is 9.84 Å². The number of ether oxygens (including phenoxy) is 1. The minimum atomic E-state index is -1.04. The minimum absolute atomic E-state index is 0.335. The highest BCUT2D eigenvalue weighted by molar-refractivity contribution is 6.31. The van der Waals surface area contributed by atoms with E-state index in [-0.39, 0.29) is 5.92 Å². The van der Waals surface area contributed by atoms with Crippen molar-refractivity contribution in [3.63, 3.8) is 0 Å². The number of halogens is 1. The van der Waals surface area contributed by atoms with Crippen LogP contribution in [-0.4, -0.2) is 48.3 Å². The molecule has 4 nitrogen and oxygen atoms in total. The molecule has 0 saturated heterocycles. The van der Waals surface area contributed by atoms with E-state index in [1.807, 2.05) is 82.5 Å². The van der Waals surface area contributed by atoms with Gasteiger partial charge in [0, 0.05) is 28.4 Å². The highest BCUT2D eigenvalue weighted by atomic mass is 35.5. The normalized spacial score (nSPS) is 13.5. The molecular formula is C32H39ClN2O2. The molecule has 37 heavy (non-hydrogen) atoms. The molecule has 0 bridgehead atoms. The predicted octanol–water partition coefficient (Wildman–Crippen LogP) is 7.37. The van der Waals surface area contributed by atoms with Crippen LogP contribution >= 0.6 is 11.6 Å². The molecule has 0 spiro atoms. The Balaban J connectivity index is 0.00000186. The van der Waals surface area contributed by atoms with Gasteiger partial charge in [-0.3, -0.25) is 0 Å². The summed E-state index contributed by atoms with van der Waals surface area (Å²) in [7, 11) is 5.71. The second-order valence-electron chi connectivity index (χ2n) is 9.41. The molecule has 0 radical (unpaired) electrons. The van der Waals surface area contributed by atoms with Gasteiger partial charge < -0.3 is 14.7 Å². The molecule has 0 aliphatic rings. The van der Waals surface area contributed by atoms with Gasteiger partial charge in [0.2, 0.25) is 5.88 Å². The number of hydrogen-bond acceptors (Lipinski definition) is 4. The van der Waals surface area contributed by atoms with Crippen molar-refractivity contribution in [3.8, 4) is 5.88 Å². The number of aryl methyl sites for hydroxylation is 1. The summed E-state index contributed by atoms with van der Waals surface area (Å²) in [6.07, 6.45) is 1.97. The van der Waals surface area contributed by atoms with Crippen molar-refractivity contribution in [3.05, 3.63) is 107 Å². The quantitative estimate of drug-likeness (QED) is 0.238. The average molecular weight is 519 g/mol. The van der Waals surface area contributed by atoms with Gasteiger partial charge in [0.25, 0.3) is 0 Å². The third kappa shape index (κ3) is 7.32. The Morgan fingerprint density at radius 2 is 1.57 bits per heavy atom. The molecule has 1 N–H and O–H groups in total. The van der Waals surface area contributed by atoms with Crippen LogP contribution in [0.1, 0.15) is 49.3 Å². The smallest absolute Gasteiger partial charge is 0.217 e. The molecule has 1 heterocycles. The molecule has 0 fully saturated rings. The first kappa shape index (κ1) is 28.6. The minimum Gasteiger partial charge on any atom is -0.481 e. The Labute approximate surface area is 226 Å². The predicted molar refractivity (Wildman–Crippen MR) is 156 cm³/mol. The van der Waals surface area contributed by atoms with E-state index in [9.17, 15) is 5.11 Å². The van der Waals surface area contributed by atoms with Crippen LogP contribution in [0.5, 0.6) is 5.88 Å². The Hall–Kier alpha value is -2.92. The first-order valence-corrected chi connectivity index (χ1v) is 13.4. The first-order valence-electron chi connectivity index (χ1n) is 13.0. The van der Waals surface area contributed by atoms with E-state index in [4.69, 9.17) is 21.3 Å². The molecule has 3 aromatic carbocycles. The van der Waals surface area contributed by atoms with Crippen molar-refractivity contribution in [1.82, 2.24) is 9.88 Å². The number of aliphatic hydroxyl groups is 1. The second kappa shape index (κ2) is 13.6. The topological polar surface area (TPSA) is 45.6 Å². The van der Waals surface area contributed by atoms with Crippen LogP contribution in [-0.2, 0) is 6.42 Å². The first-order chi connectivity index (χ1) is 17.9. The van der Waals surface area contributed by atoms with E-state index in [2.05, 4.69) is 35.2 Å². The van der Waals surface area contributed by atoms with Crippen LogP contribution in [0, 0.1) is 0 Å². The Kier molecular flexibility index (Phi) is 10.5. The number of nitrogens with zero attached hydrogens (tertiary/aromatic N) is 2. The monoisotopic (exact) mass is 518 g/mol. The maximum Gasteiger partial charge on any atom is 0.217 e. The zero-order valence-corrected chi connectivity index (χ0v) is 23.4. The van der Waals surface area contributed by atoms with E-state index in [1.165, 1.54) is 5.56 Å². The Bertz CT molecular complexity index is 1250. The second-order valence-corrected chi connectivity index (χ2v) is 9.85. The number of aromatic nitrogens is 1. The standard InChI is InChI=1S/C30H33ClN2O2.C2H6/c1-33(2)19-18-30(34,17-16-22-10-6-4-7-11-22)28(23-12-8-5-9-13-23)26-21-24-20-25(31)14-15-27(24)32-29(26)35-3;1-2/h4-15,20-21,28,34H,16-19H2,1-3H3;1-2H3. The Morgan fingerprint density at radius 3 is 2.19 bits per heavy atom. The van der Waals surface area contributed by atoms with Crippen LogP contribution in [0.2, 0.25) is 5.02 Å². The third-order valence-electron chi connectivity index (χ3n) is 6.63. The van der Waals surface area contributed by atoms with Crippen molar-refractivity contribution >= 4 is 22.5 Å². The molecule has 0 aliphatic carbocycles. The summed E-state index contributed by atoms with van der Waals surface area (Å²) in [5.41, 5.74) is 2.87. The SMILES string of the molecule is CC.COc1nc2ccc(Cl)cc2cc1C(c1ccccc1)C(O)(CCc1ccccc1)CCN(C)C. The molecule has 4 rings (SSSR count). The zero-order chi connectivity index (χ0) is 26.8. The van der Waals surface area contributed by atoms with E-state index >= 15 is 0 Å². The fourth-order valence-electron chi connectivity index (χ4n) is 4.78. The molecule has 5 heteroatoms. The van der Waals surface area contributed by atoms with Crippen molar-refractivity contribution in [2.45, 2.75) is 44.6 Å². The van der Waals surface area contributed by atoms with Gasteiger partial charge >= 0.3 is 0 Å². The number of rotatable bonds is 10. The molecule has 196 valence electrons. The lowest BCUT2D eigenvalue weighted by atomic mass is 9.72. The van der Waals surface area contributed by atoms with E-state index in [0.29, 0.717) is 23.7 Å². The number of fused-ring (bicyclic) bond motifs is 1. The van der Waals surface area contributed by atoms with Crippen LogP contribution in [0.3, 0.4) is 0 Å². The van der Waals surface area contributed by atoms with E-state index < -0.39 is 5.60 Å². The molecule has 1 aromatic heterocycles. The zero-order valence-electron chi connectivity index (χ0n) is 22.6. The third-order valence-corrected chi connectivity index (χ3v) is 6.86. The molecule has 0 amide bonds. The van der Waals surface area contributed by atoms with Crippen LogP contribution in [0.15, 0.2) is 84.9 Å². The van der Waals surface area contributed by atoms with Gasteiger partial charge in [0.05, 0.1) is 18.2 Å². The summed E-state index contributed by atoms with van der Waals surface area (Å²) in [6, 6.07) is 28.3. The summed E-state index contributed by atoms with van der Waals surface area (Å²) in [5, 5.41) is 14.1. The van der Waals surface area contributed by atoms with E-state index in [0.717, 1.165) is 35.0 Å². The lowest BCUT2D eigenvalue weighted by Gasteiger charge is -2.38. The number of methoxy groups -OCH3 is 1. The van der Waals surface area contributed by atoms with E-state index in [1.54, 1.807) is 7.11 Å². The lowest BCUT2D eigenvalue weighted by molar-refractivity contribution is 0.000777. The maximum absolute atomic E-state index is 12.5. The largest absolute Gasteiger partial charge is 0.481 e. The lowest BCUT2D eigenvalue weighted by Crippen LogP contribution is -2.40. The summed E-state index contributed by atoms with van der Waals surface area (Å²) in [6.45, 7) is 4.75. The van der Waals surface area contributed by atoms with Crippen molar-refractivity contribution in [1.29, 1.82) is 0 Å². The summed E-state index contributed by atoms with van der Waals surface area (Å²) in [4.78, 5) is 6.92.